The van der Waals surface area contributed by atoms with Crippen molar-refractivity contribution in [2.75, 3.05) is 25.2 Å². The molecule has 1 aliphatic carbocycles. The van der Waals surface area contributed by atoms with Gasteiger partial charge in [0.25, 0.3) is 0 Å². The van der Waals surface area contributed by atoms with Gasteiger partial charge in [0.15, 0.2) is 0 Å². The second-order valence-electron chi connectivity index (χ2n) is 7.30. The molecular weight excluding hydrogens is 314 g/mol. The average Bonchev–Trinajstić information content (AvgIpc) is 3.20. The number of aryl methyl sites for hydroxylation is 2. The number of nitrogens with zero attached hydrogens (tertiary/aromatic N) is 4. The molecule has 1 atom stereocenters. The van der Waals surface area contributed by atoms with E-state index in [9.17, 15) is 0 Å². The Labute approximate surface area is 149 Å². The van der Waals surface area contributed by atoms with Gasteiger partial charge in [-0.15, -0.1) is 0 Å². The van der Waals surface area contributed by atoms with Crippen molar-refractivity contribution >= 4 is 5.82 Å². The molecule has 0 saturated carbocycles. The highest BCUT2D eigenvalue weighted by Gasteiger charge is 2.22. The summed E-state index contributed by atoms with van der Waals surface area (Å²) in [6, 6.07) is 2.12. The Hall–Kier alpha value is -1.95. The SMILES string of the molecule is Cc1nc([C@H]2CCOC2)cc(N(C)Cc2n[nH]c3c2CCCCC3)n1. The third-order valence-electron chi connectivity index (χ3n) is 5.36. The molecule has 1 aliphatic heterocycles. The molecule has 1 N–H and O–H groups in total. The van der Waals surface area contributed by atoms with E-state index in [2.05, 4.69) is 38.2 Å². The molecule has 0 radical (unpaired) electrons. The minimum atomic E-state index is 0.399. The van der Waals surface area contributed by atoms with Crippen molar-refractivity contribution in [3.63, 3.8) is 0 Å². The van der Waals surface area contributed by atoms with E-state index >= 15 is 0 Å². The summed E-state index contributed by atoms with van der Waals surface area (Å²) in [5.74, 6) is 2.20. The first-order chi connectivity index (χ1) is 12.2. The molecule has 0 unspecified atom stereocenters. The van der Waals surface area contributed by atoms with Gasteiger partial charge in [0, 0.05) is 31.3 Å². The van der Waals surface area contributed by atoms with E-state index in [-0.39, 0.29) is 0 Å². The maximum atomic E-state index is 5.52. The second kappa shape index (κ2) is 7.12. The van der Waals surface area contributed by atoms with Gasteiger partial charge in [-0.05, 0) is 44.6 Å². The number of fused-ring (bicyclic) bond motifs is 1. The van der Waals surface area contributed by atoms with Crippen LogP contribution in [0.15, 0.2) is 6.07 Å². The quantitative estimate of drug-likeness (QED) is 0.866. The third-order valence-corrected chi connectivity index (χ3v) is 5.36. The van der Waals surface area contributed by atoms with Gasteiger partial charge < -0.3 is 9.64 Å². The van der Waals surface area contributed by atoms with Crippen LogP contribution in [-0.2, 0) is 24.1 Å². The van der Waals surface area contributed by atoms with Crippen LogP contribution >= 0.6 is 0 Å². The van der Waals surface area contributed by atoms with E-state index in [4.69, 9.17) is 4.74 Å². The van der Waals surface area contributed by atoms with Crippen LogP contribution in [0.2, 0.25) is 0 Å². The number of H-pyrrole nitrogens is 1. The molecule has 6 heteroatoms. The van der Waals surface area contributed by atoms with Crippen molar-refractivity contribution < 1.29 is 4.74 Å². The minimum Gasteiger partial charge on any atom is -0.381 e. The van der Waals surface area contributed by atoms with Gasteiger partial charge in [-0.1, -0.05) is 6.42 Å². The van der Waals surface area contributed by atoms with Crippen molar-refractivity contribution in [2.45, 2.75) is 57.9 Å². The zero-order valence-corrected chi connectivity index (χ0v) is 15.2. The molecule has 0 amide bonds. The summed E-state index contributed by atoms with van der Waals surface area (Å²) < 4.78 is 5.52. The molecular formula is C19H27N5O. The van der Waals surface area contributed by atoms with E-state index in [0.717, 1.165) is 56.4 Å². The van der Waals surface area contributed by atoms with Gasteiger partial charge in [0.1, 0.15) is 11.6 Å². The predicted molar refractivity (Wildman–Crippen MR) is 96.9 cm³/mol. The highest BCUT2D eigenvalue weighted by Crippen LogP contribution is 2.27. The molecule has 2 aromatic heterocycles. The zero-order valence-electron chi connectivity index (χ0n) is 15.2. The van der Waals surface area contributed by atoms with E-state index in [1.165, 1.54) is 36.2 Å². The lowest BCUT2D eigenvalue weighted by molar-refractivity contribution is 0.193. The Morgan fingerprint density at radius 2 is 2.12 bits per heavy atom. The summed E-state index contributed by atoms with van der Waals surface area (Å²) in [5, 5.41) is 7.86. The van der Waals surface area contributed by atoms with E-state index in [0.29, 0.717) is 5.92 Å². The van der Waals surface area contributed by atoms with Gasteiger partial charge in [0.2, 0.25) is 0 Å². The number of hydrogen-bond donors (Lipinski definition) is 1. The van der Waals surface area contributed by atoms with Crippen LogP contribution in [0.1, 0.15) is 60.1 Å². The lowest BCUT2D eigenvalue weighted by Crippen LogP contribution is -2.20. The summed E-state index contributed by atoms with van der Waals surface area (Å²) in [5.41, 5.74) is 5.04. The summed E-state index contributed by atoms with van der Waals surface area (Å²) in [6.07, 6.45) is 7.17. The Balaban J connectivity index is 1.55. The fraction of sp³-hybridized carbons (Fsp3) is 0.632. The first-order valence-electron chi connectivity index (χ1n) is 9.40. The fourth-order valence-corrected chi connectivity index (χ4v) is 3.91. The molecule has 4 rings (SSSR count). The maximum absolute atomic E-state index is 5.52. The molecule has 134 valence electrons. The van der Waals surface area contributed by atoms with Gasteiger partial charge in [-0.25, -0.2) is 9.97 Å². The highest BCUT2D eigenvalue weighted by molar-refractivity contribution is 5.41. The number of ether oxygens (including phenoxy) is 1. The van der Waals surface area contributed by atoms with Crippen LogP contribution < -0.4 is 4.90 Å². The Bertz CT molecular complexity index is 735. The highest BCUT2D eigenvalue weighted by atomic mass is 16.5. The number of aromatic nitrogens is 4. The average molecular weight is 341 g/mol. The summed E-state index contributed by atoms with van der Waals surface area (Å²) in [6.45, 7) is 4.35. The smallest absolute Gasteiger partial charge is 0.132 e. The molecule has 0 bridgehead atoms. The lowest BCUT2D eigenvalue weighted by Gasteiger charge is -2.20. The van der Waals surface area contributed by atoms with Gasteiger partial charge >= 0.3 is 0 Å². The normalized spacial score (nSPS) is 20.3. The number of hydrogen-bond acceptors (Lipinski definition) is 5. The number of rotatable bonds is 4. The number of anilines is 1. The maximum Gasteiger partial charge on any atom is 0.132 e. The third kappa shape index (κ3) is 3.54. The number of nitrogens with one attached hydrogen (secondary N) is 1. The van der Waals surface area contributed by atoms with E-state index in [1.807, 2.05) is 6.92 Å². The van der Waals surface area contributed by atoms with Crippen molar-refractivity contribution in [3.05, 3.63) is 34.5 Å². The molecule has 3 heterocycles. The molecule has 0 spiro atoms. The monoisotopic (exact) mass is 341 g/mol. The molecule has 0 aromatic carbocycles. The van der Waals surface area contributed by atoms with Crippen molar-refractivity contribution in [3.8, 4) is 0 Å². The van der Waals surface area contributed by atoms with Crippen molar-refractivity contribution in [2.24, 2.45) is 0 Å². The molecule has 25 heavy (non-hydrogen) atoms. The van der Waals surface area contributed by atoms with Crippen LogP contribution in [0.4, 0.5) is 5.82 Å². The summed E-state index contributed by atoms with van der Waals surface area (Å²) in [7, 11) is 2.09. The van der Waals surface area contributed by atoms with Gasteiger partial charge in [-0.2, -0.15) is 5.10 Å². The van der Waals surface area contributed by atoms with Crippen LogP contribution in [0.3, 0.4) is 0 Å². The fourth-order valence-electron chi connectivity index (χ4n) is 3.91. The lowest BCUT2D eigenvalue weighted by atomic mass is 10.0. The van der Waals surface area contributed by atoms with Crippen LogP contribution in [0.25, 0.3) is 0 Å². The summed E-state index contributed by atoms with van der Waals surface area (Å²) in [4.78, 5) is 11.5. The largest absolute Gasteiger partial charge is 0.381 e. The molecule has 6 nitrogen and oxygen atoms in total. The first-order valence-corrected chi connectivity index (χ1v) is 9.40. The second-order valence-corrected chi connectivity index (χ2v) is 7.30. The van der Waals surface area contributed by atoms with Gasteiger partial charge in [-0.3, -0.25) is 5.10 Å². The molecule has 1 fully saturated rings. The Morgan fingerprint density at radius 3 is 2.96 bits per heavy atom. The van der Waals surface area contributed by atoms with E-state index < -0.39 is 0 Å². The van der Waals surface area contributed by atoms with Crippen molar-refractivity contribution in [1.82, 2.24) is 20.2 Å². The zero-order chi connectivity index (χ0) is 17.2. The topological polar surface area (TPSA) is 66.9 Å². The Kier molecular flexibility index (Phi) is 4.70. The van der Waals surface area contributed by atoms with Crippen LogP contribution in [-0.4, -0.2) is 40.4 Å². The summed E-state index contributed by atoms with van der Waals surface area (Å²) >= 11 is 0. The number of aromatic amines is 1. The van der Waals surface area contributed by atoms with E-state index in [1.54, 1.807) is 0 Å². The van der Waals surface area contributed by atoms with Crippen LogP contribution in [0.5, 0.6) is 0 Å². The first kappa shape index (κ1) is 16.5. The van der Waals surface area contributed by atoms with Gasteiger partial charge in [0.05, 0.1) is 24.5 Å². The Morgan fingerprint density at radius 1 is 1.24 bits per heavy atom. The molecule has 2 aromatic rings. The van der Waals surface area contributed by atoms with Crippen LogP contribution in [0, 0.1) is 6.92 Å². The molecule has 2 aliphatic rings. The molecule has 1 saturated heterocycles. The van der Waals surface area contributed by atoms with Crippen molar-refractivity contribution in [1.29, 1.82) is 0 Å². The predicted octanol–water partition coefficient (Wildman–Crippen LogP) is 2.92. The standard InChI is InChI=1S/C19H27N5O/c1-13-20-17(14-8-9-25-12-14)10-19(21-13)24(2)11-18-15-6-4-3-5-7-16(15)22-23-18/h10,14H,3-9,11-12H2,1-2H3,(H,22,23)/t14-/m0/s1. The minimum absolute atomic E-state index is 0.399.